The number of carbonyl (C=O) groups is 2. The number of ether oxygens (including phenoxy) is 4. The van der Waals surface area contributed by atoms with Crippen molar-refractivity contribution in [3.05, 3.63) is 88.2 Å². The van der Waals surface area contributed by atoms with Crippen LogP contribution in [-0.2, 0) is 4.79 Å². The Kier molecular flexibility index (Phi) is 4.69. The normalized spacial score (nSPS) is 19.1. The van der Waals surface area contributed by atoms with Gasteiger partial charge in [0.25, 0.3) is 0 Å². The second-order valence-corrected chi connectivity index (χ2v) is 8.96. The zero-order valence-corrected chi connectivity index (χ0v) is 18.8. The van der Waals surface area contributed by atoms with Gasteiger partial charge in [0.15, 0.2) is 17.3 Å². The zero-order valence-electron chi connectivity index (χ0n) is 18.8. The van der Waals surface area contributed by atoms with Gasteiger partial charge in [0.2, 0.25) is 12.6 Å². The van der Waals surface area contributed by atoms with E-state index in [0.717, 1.165) is 11.1 Å². The van der Waals surface area contributed by atoms with E-state index in [1.807, 2.05) is 30.3 Å². The zero-order chi connectivity index (χ0) is 23.4. The van der Waals surface area contributed by atoms with Crippen LogP contribution in [-0.4, -0.2) is 18.5 Å². The second-order valence-electron chi connectivity index (χ2n) is 8.96. The number of fused-ring (bicyclic) bond motifs is 4. The Bertz CT molecular complexity index is 1370. The van der Waals surface area contributed by atoms with E-state index in [1.54, 1.807) is 18.2 Å². The fourth-order valence-corrected chi connectivity index (χ4v) is 4.65. The van der Waals surface area contributed by atoms with Gasteiger partial charge in [-0.25, -0.2) is 0 Å². The van der Waals surface area contributed by atoms with Gasteiger partial charge in [0, 0.05) is 11.5 Å². The van der Waals surface area contributed by atoms with E-state index in [-0.39, 0.29) is 36.6 Å². The molecule has 0 aliphatic carbocycles. The smallest absolute Gasteiger partial charge is 0.312 e. The summed E-state index contributed by atoms with van der Waals surface area (Å²) in [6.07, 6.45) is 1.89. The summed E-state index contributed by atoms with van der Waals surface area (Å²) in [5, 5.41) is 0. The number of ketones is 1. The molecule has 3 aliphatic heterocycles. The van der Waals surface area contributed by atoms with Crippen LogP contribution in [0.15, 0.2) is 60.4 Å². The number of rotatable bonds is 3. The molecule has 1 atom stereocenters. The van der Waals surface area contributed by atoms with E-state index in [0.29, 0.717) is 40.0 Å². The second kappa shape index (κ2) is 7.76. The molecule has 0 N–H and O–H groups in total. The summed E-state index contributed by atoms with van der Waals surface area (Å²) in [5.41, 5.74) is 4.14. The van der Waals surface area contributed by atoms with Crippen LogP contribution in [0.2, 0.25) is 0 Å². The molecule has 0 fully saturated rings. The average molecular weight is 454 g/mol. The summed E-state index contributed by atoms with van der Waals surface area (Å²) in [7, 11) is 0. The maximum absolute atomic E-state index is 13.2. The molecule has 0 radical (unpaired) electrons. The number of benzene rings is 3. The van der Waals surface area contributed by atoms with Gasteiger partial charge in [-0.2, -0.15) is 0 Å². The third kappa shape index (κ3) is 3.34. The lowest BCUT2D eigenvalue weighted by Crippen LogP contribution is -2.21. The van der Waals surface area contributed by atoms with Crippen molar-refractivity contribution in [1.29, 1.82) is 0 Å². The van der Waals surface area contributed by atoms with Gasteiger partial charge in [-0.1, -0.05) is 44.2 Å². The van der Waals surface area contributed by atoms with Crippen molar-refractivity contribution in [2.24, 2.45) is 0 Å². The average Bonchev–Trinajstić information content (AvgIpc) is 3.42. The minimum absolute atomic E-state index is 0.135. The molecular formula is C28H22O6. The molecule has 3 aliphatic rings. The van der Waals surface area contributed by atoms with Gasteiger partial charge in [-0.15, -0.1) is 0 Å². The molecular weight excluding hydrogens is 432 g/mol. The monoisotopic (exact) mass is 454 g/mol. The van der Waals surface area contributed by atoms with Crippen LogP contribution < -0.4 is 18.9 Å². The SMILES string of the molecule is CC(C)c1ccc(/C=C2\Oc3c(ccc4c3C(c3ccc5c(c3)OCO5)CC(=O)O4)C2=O)cc1. The van der Waals surface area contributed by atoms with Crippen LogP contribution in [0.1, 0.15) is 64.7 Å². The van der Waals surface area contributed by atoms with Crippen molar-refractivity contribution in [2.75, 3.05) is 6.79 Å². The number of allylic oxidation sites excluding steroid dienone is 1. The lowest BCUT2D eigenvalue weighted by atomic mass is 9.84. The van der Waals surface area contributed by atoms with Crippen LogP contribution in [0.3, 0.4) is 0 Å². The van der Waals surface area contributed by atoms with Gasteiger partial charge in [0.1, 0.15) is 11.5 Å². The van der Waals surface area contributed by atoms with Crippen LogP contribution in [0, 0.1) is 0 Å². The molecule has 0 saturated heterocycles. The highest BCUT2D eigenvalue weighted by molar-refractivity contribution is 6.15. The third-order valence-corrected chi connectivity index (χ3v) is 6.48. The van der Waals surface area contributed by atoms with E-state index in [1.165, 1.54) is 5.56 Å². The molecule has 34 heavy (non-hydrogen) atoms. The van der Waals surface area contributed by atoms with Crippen molar-refractivity contribution in [3.8, 4) is 23.0 Å². The summed E-state index contributed by atoms with van der Waals surface area (Å²) < 4.78 is 22.6. The minimum atomic E-state index is -0.335. The first kappa shape index (κ1) is 20.5. The maximum atomic E-state index is 13.2. The largest absolute Gasteiger partial charge is 0.454 e. The molecule has 3 heterocycles. The van der Waals surface area contributed by atoms with Gasteiger partial charge >= 0.3 is 5.97 Å². The van der Waals surface area contributed by atoms with E-state index >= 15 is 0 Å². The Morgan fingerprint density at radius 1 is 0.882 bits per heavy atom. The quantitative estimate of drug-likeness (QED) is 0.292. The van der Waals surface area contributed by atoms with Gasteiger partial charge in [-0.3, -0.25) is 9.59 Å². The predicted molar refractivity (Wildman–Crippen MR) is 125 cm³/mol. The minimum Gasteiger partial charge on any atom is -0.454 e. The molecule has 6 rings (SSSR count). The fourth-order valence-electron chi connectivity index (χ4n) is 4.65. The lowest BCUT2D eigenvalue weighted by molar-refractivity contribution is -0.135. The van der Waals surface area contributed by atoms with Crippen molar-refractivity contribution < 1.29 is 28.5 Å². The summed E-state index contributed by atoms with van der Waals surface area (Å²) in [6, 6.07) is 17.0. The first-order valence-electron chi connectivity index (χ1n) is 11.3. The number of hydrogen-bond donors (Lipinski definition) is 0. The topological polar surface area (TPSA) is 71.1 Å². The molecule has 6 heteroatoms. The standard InChI is InChI=1S/C28H22O6/c1-15(2)17-5-3-16(4-6-17)11-24-27(30)19-8-10-22-26(28(19)34-24)20(13-25(29)33-22)18-7-9-21-23(12-18)32-14-31-21/h3-12,15,20H,13-14H2,1-2H3/b24-11-. The van der Waals surface area contributed by atoms with Crippen molar-refractivity contribution >= 4 is 17.8 Å². The Labute approximate surface area is 196 Å². The molecule has 0 bridgehead atoms. The van der Waals surface area contributed by atoms with Crippen LogP contribution in [0.5, 0.6) is 23.0 Å². The molecule has 3 aromatic rings. The summed E-state index contributed by atoms with van der Waals surface area (Å²) in [5.74, 6) is 1.98. The first-order valence-corrected chi connectivity index (χ1v) is 11.3. The van der Waals surface area contributed by atoms with Gasteiger partial charge in [-0.05, 0) is 52.9 Å². The van der Waals surface area contributed by atoms with Crippen molar-refractivity contribution in [1.82, 2.24) is 0 Å². The third-order valence-electron chi connectivity index (χ3n) is 6.48. The Morgan fingerprint density at radius 2 is 1.65 bits per heavy atom. The first-order chi connectivity index (χ1) is 16.5. The molecule has 170 valence electrons. The van der Waals surface area contributed by atoms with Crippen molar-refractivity contribution in [2.45, 2.75) is 32.1 Å². The van der Waals surface area contributed by atoms with E-state index < -0.39 is 0 Å². The van der Waals surface area contributed by atoms with Crippen LogP contribution in [0.4, 0.5) is 0 Å². The maximum Gasteiger partial charge on any atom is 0.312 e. The number of Topliss-reactive ketones (excluding diaryl/α,β-unsaturated/α-hetero) is 1. The van der Waals surface area contributed by atoms with E-state index in [9.17, 15) is 9.59 Å². The van der Waals surface area contributed by atoms with Crippen LogP contribution in [0.25, 0.3) is 6.08 Å². The molecule has 0 amide bonds. The van der Waals surface area contributed by atoms with E-state index in [4.69, 9.17) is 18.9 Å². The summed E-state index contributed by atoms with van der Waals surface area (Å²) in [6.45, 7) is 4.45. The van der Waals surface area contributed by atoms with Gasteiger partial charge in [0.05, 0.1) is 12.0 Å². The Hall–Kier alpha value is -4.06. The fraction of sp³-hybridized carbons (Fsp3) is 0.214. The predicted octanol–water partition coefficient (Wildman–Crippen LogP) is 5.60. The highest BCUT2D eigenvalue weighted by Crippen LogP contribution is 2.50. The number of hydrogen-bond acceptors (Lipinski definition) is 6. The molecule has 1 unspecified atom stereocenters. The molecule has 0 saturated carbocycles. The molecule has 6 nitrogen and oxygen atoms in total. The molecule has 3 aromatic carbocycles. The summed E-state index contributed by atoms with van der Waals surface area (Å²) in [4.78, 5) is 25.6. The lowest BCUT2D eigenvalue weighted by Gasteiger charge is -2.26. The number of carbonyl (C=O) groups excluding carboxylic acids is 2. The van der Waals surface area contributed by atoms with E-state index in [2.05, 4.69) is 26.0 Å². The highest BCUT2D eigenvalue weighted by atomic mass is 16.7. The number of esters is 1. The van der Waals surface area contributed by atoms with Crippen LogP contribution >= 0.6 is 0 Å². The molecule has 0 aromatic heterocycles. The Morgan fingerprint density at radius 3 is 2.44 bits per heavy atom. The van der Waals surface area contributed by atoms with Crippen molar-refractivity contribution in [3.63, 3.8) is 0 Å². The molecule has 0 spiro atoms. The van der Waals surface area contributed by atoms with Gasteiger partial charge < -0.3 is 18.9 Å². The summed E-state index contributed by atoms with van der Waals surface area (Å²) >= 11 is 0. The highest BCUT2D eigenvalue weighted by Gasteiger charge is 2.38. The Balaban J connectivity index is 1.40.